The smallest absolute Gasteiger partial charge is 0.222 e. The van der Waals surface area contributed by atoms with E-state index >= 15 is 0 Å². The topological polar surface area (TPSA) is 162 Å². The summed E-state index contributed by atoms with van der Waals surface area (Å²) in [6, 6.07) is 7.53. The quantitative estimate of drug-likeness (QED) is 0.181. The van der Waals surface area contributed by atoms with E-state index in [0.29, 0.717) is 98.2 Å². The summed E-state index contributed by atoms with van der Waals surface area (Å²) in [5.41, 5.74) is 7.09. The van der Waals surface area contributed by atoms with Crippen LogP contribution >= 0.6 is 12.4 Å². The van der Waals surface area contributed by atoms with Crippen LogP contribution in [0.25, 0.3) is 11.4 Å². The number of nitrogens with zero attached hydrogens (tertiary/aromatic N) is 4. The Morgan fingerprint density at radius 3 is 1.61 bits per heavy atom. The van der Waals surface area contributed by atoms with Crippen LogP contribution in [0.4, 0.5) is 0 Å². The van der Waals surface area contributed by atoms with Crippen molar-refractivity contribution in [3.63, 3.8) is 0 Å². The van der Waals surface area contributed by atoms with Crippen LogP contribution in [0.3, 0.4) is 0 Å². The Balaban J connectivity index is 0.00000722. The predicted molar refractivity (Wildman–Crippen MR) is 141 cm³/mol. The van der Waals surface area contributed by atoms with Gasteiger partial charge in [-0.1, -0.05) is 24.3 Å². The molecule has 0 spiro atoms. The fourth-order valence-electron chi connectivity index (χ4n) is 2.83. The third kappa shape index (κ3) is 17.2. The fraction of sp³-hybridized carbons (Fsp3) is 0.625. The highest BCUT2D eigenvalue weighted by atomic mass is 35.5. The molecule has 214 valence electrons. The zero-order chi connectivity index (χ0) is 26.2. The molecule has 38 heavy (non-hydrogen) atoms. The standard InChI is InChI=1S/C24H38N6O7.ClH/c25-6-8-33-10-12-35-14-16-37-18-17-36-15-13-34-11-9-32-7-5-23(31)26-19-21-1-3-22(4-2-21)24-29-27-20-28-30-24;/h1-4,20H,5-19,25H2,(H,26,31);1H. The third-order valence-corrected chi connectivity index (χ3v) is 4.71. The summed E-state index contributed by atoms with van der Waals surface area (Å²) >= 11 is 0. The summed E-state index contributed by atoms with van der Waals surface area (Å²) in [4.78, 5) is 12.0. The van der Waals surface area contributed by atoms with Gasteiger partial charge in [0.2, 0.25) is 11.7 Å². The van der Waals surface area contributed by atoms with E-state index in [4.69, 9.17) is 34.2 Å². The number of benzene rings is 1. The van der Waals surface area contributed by atoms with Crippen LogP contribution in [0.1, 0.15) is 12.0 Å². The van der Waals surface area contributed by atoms with E-state index in [9.17, 15) is 4.79 Å². The first kappa shape index (κ1) is 33.7. The van der Waals surface area contributed by atoms with Gasteiger partial charge in [0.1, 0.15) is 0 Å². The number of rotatable bonds is 23. The minimum atomic E-state index is -0.0801. The van der Waals surface area contributed by atoms with Gasteiger partial charge in [-0.15, -0.1) is 32.8 Å². The van der Waals surface area contributed by atoms with Crippen molar-refractivity contribution in [1.82, 2.24) is 25.7 Å². The van der Waals surface area contributed by atoms with Crippen molar-refractivity contribution in [3.8, 4) is 11.4 Å². The first-order chi connectivity index (χ1) is 18.3. The molecule has 0 unspecified atom stereocenters. The van der Waals surface area contributed by atoms with E-state index in [-0.39, 0.29) is 24.7 Å². The van der Waals surface area contributed by atoms with E-state index in [2.05, 4.69) is 25.7 Å². The summed E-state index contributed by atoms with van der Waals surface area (Å²) in [5, 5.41) is 18.1. The molecule has 0 saturated heterocycles. The van der Waals surface area contributed by atoms with Gasteiger partial charge in [0, 0.05) is 25.1 Å². The van der Waals surface area contributed by atoms with Crippen LogP contribution in [-0.4, -0.2) is 112 Å². The fourth-order valence-corrected chi connectivity index (χ4v) is 2.83. The first-order valence-electron chi connectivity index (χ1n) is 12.3. The number of halogens is 1. The molecule has 0 fully saturated rings. The maximum Gasteiger partial charge on any atom is 0.222 e. The lowest BCUT2D eigenvalue weighted by atomic mass is 10.1. The summed E-state index contributed by atoms with van der Waals surface area (Å²) in [5.74, 6) is 0.374. The molecule has 2 aromatic rings. The van der Waals surface area contributed by atoms with Crippen molar-refractivity contribution in [1.29, 1.82) is 0 Å². The number of hydrogen-bond acceptors (Lipinski definition) is 12. The molecule has 0 aliphatic carbocycles. The molecule has 0 bridgehead atoms. The summed E-state index contributed by atoms with van der Waals surface area (Å²) < 4.78 is 32.3. The number of nitrogens with two attached hydrogens (primary N) is 1. The van der Waals surface area contributed by atoms with Crippen LogP contribution in [0.15, 0.2) is 30.6 Å². The molecule has 1 amide bonds. The molecular formula is C24H39ClN6O7. The lowest BCUT2D eigenvalue weighted by Crippen LogP contribution is -2.24. The lowest BCUT2D eigenvalue weighted by molar-refractivity contribution is -0.122. The molecular weight excluding hydrogens is 520 g/mol. The van der Waals surface area contributed by atoms with Crippen LogP contribution in [0.2, 0.25) is 0 Å². The normalized spacial score (nSPS) is 10.8. The van der Waals surface area contributed by atoms with Crippen molar-refractivity contribution in [2.24, 2.45) is 5.73 Å². The van der Waals surface area contributed by atoms with E-state index in [0.717, 1.165) is 11.1 Å². The number of aromatic nitrogens is 4. The van der Waals surface area contributed by atoms with Crippen molar-refractivity contribution in [3.05, 3.63) is 36.2 Å². The number of amides is 1. The Morgan fingerprint density at radius 1 is 0.684 bits per heavy atom. The first-order valence-corrected chi connectivity index (χ1v) is 12.3. The van der Waals surface area contributed by atoms with Gasteiger partial charge in [0.25, 0.3) is 0 Å². The minimum absolute atomic E-state index is 0. The zero-order valence-electron chi connectivity index (χ0n) is 21.6. The van der Waals surface area contributed by atoms with Crippen LogP contribution in [-0.2, 0) is 39.8 Å². The van der Waals surface area contributed by atoms with Crippen molar-refractivity contribution >= 4 is 18.3 Å². The molecule has 0 aliphatic heterocycles. The lowest BCUT2D eigenvalue weighted by Gasteiger charge is -2.08. The molecule has 1 aromatic heterocycles. The summed E-state index contributed by atoms with van der Waals surface area (Å²) in [6.07, 6.45) is 1.56. The van der Waals surface area contributed by atoms with Crippen molar-refractivity contribution < 1.29 is 33.2 Å². The number of hydrogen-bond donors (Lipinski definition) is 2. The Labute approximate surface area is 229 Å². The molecule has 14 heteroatoms. The molecule has 3 N–H and O–H groups in total. The Bertz CT molecular complexity index is 824. The number of carbonyl (C=O) groups is 1. The molecule has 1 aromatic carbocycles. The number of ether oxygens (including phenoxy) is 6. The van der Waals surface area contributed by atoms with Crippen molar-refractivity contribution in [2.75, 3.05) is 85.8 Å². The van der Waals surface area contributed by atoms with E-state index in [1.807, 2.05) is 24.3 Å². The van der Waals surface area contributed by atoms with Crippen LogP contribution in [0, 0.1) is 0 Å². The van der Waals surface area contributed by atoms with Crippen LogP contribution in [0.5, 0.6) is 0 Å². The number of nitrogens with one attached hydrogen (secondary N) is 1. The van der Waals surface area contributed by atoms with Gasteiger partial charge in [0.15, 0.2) is 6.33 Å². The zero-order valence-corrected chi connectivity index (χ0v) is 22.4. The van der Waals surface area contributed by atoms with Gasteiger partial charge < -0.3 is 39.5 Å². The molecule has 1 heterocycles. The third-order valence-electron chi connectivity index (χ3n) is 4.71. The molecule has 0 saturated carbocycles. The van der Waals surface area contributed by atoms with Gasteiger partial charge in [-0.2, -0.15) is 0 Å². The summed E-state index contributed by atoms with van der Waals surface area (Å²) in [6.45, 7) is 6.74. The molecule has 2 rings (SSSR count). The average molecular weight is 559 g/mol. The molecule has 0 aliphatic rings. The second-order valence-corrected chi connectivity index (χ2v) is 7.56. The highest BCUT2D eigenvalue weighted by molar-refractivity contribution is 5.85. The minimum Gasteiger partial charge on any atom is -0.379 e. The Kier molecular flexibility index (Phi) is 21.0. The largest absolute Gasteiger partial charge is 0.379 e. The maximum absolute atomic E-state index is 12.0. The highest BCUT2D eigenvalue weighted by Gasteiger charge is 2.04. The van der Waals surface area contributed by atoms with Crippen molar-refractivity contribution in [2.45, 2.75) is 13.0 Å². The monoisotopic (exact) mass is 558 g/mol. The van der Waals surface area contributed by atoms with E-state index in [1.165, 1.54) is 6.33 Å². The van der Waals surface area contributed by atoms with Crippen LogP contribution < -0.4 is 11.1 Å². The Hall–Kier alpha value is -2.36. The Morgan fingerprint density at radius 2 is 1.13 bits per heavy atom. The predicted octanol–water partition coefficient (Wildman–Crippen LogP) is 0.420. The van der Waals surface area contributed by atoms with E-state index in [1.54, 1.807) is 0 Å². The second kappa shape index (κ2) is 23.7. The highest BCUT2D eigenvalue weighted by Crippen LogP contribution is 2.13. The molecule has 0 radical (unpaired) electrons. The van der Waals surface area contributed by atoms with Gasteiger partial charge in [-0.3, -0.25) is 4.79 Å². The van der Waals surface area contributed by atoms with Gasteiger partial charge >= 0.3 is 0 Å². The second-order valence-electron chi connectivity index (χ2n) is 7.56. The van der Waals surface area contributed by atoms with Gasteiger partial charge in [-0.25, -0.2) is 0 Å². The molecule has 13 nitrogen and oxygen atoms in total. The van der Waals surface area contributed by atoms with E-state index < -0.39 is 0 Å². The summed E-state index contributed by atoms with van der Waals surface area (Å²) in [7, 11) is 0. The SMILES string of the molecule is Cl.NCCOCCOCCOCCOCCOCCOCCC(=O)NCc1ccc(-c2nncnn2)cc1. The van der Waals surface area contributed by atoms with Gasteiger partial charge in [0.05, 0.1) is 79.3 Å². The molecule has 0 atom stereocenters. The average Bonchev–Trinajstić information content (AvgIpc) is 2.94. The maximum atomic E-state index is 12.0. The van der Waals surface area contributed by atoms with Gasteiger partial charge in [-0.05, 0) is 5.56 Å². The number of carbonyl (C=O) groups excluding carboxylic acids is 1.